The number of rotatable bonds is 8. The molecular formula is C28H29FN2O5S. The molecule has 9 heteroatoms. The van der Waals surface area contributed by atoms with Gasteiger partial charge in [0.05, 0.1) is 32.4 Å². The van der Waals surface area contributed by atoms with Gasteiger partial charge in [0, 0.05) is 12.2 Å². The third-order valence-electron chi connectivity index (χ3n) is 6.11. The molecule has 0 fully saturated rings. The normalized spacial score (nSPS) is 14.4. The Morgan fingerprint density at radius 1 is 1.08 bits per heavy atom. The van der Waals surface area contributed by atoms with Crippen LogP contribution >= 0.6 is 12.2 Å². The van der Waals surface area contributed by atoms with Crippen LogP contribution in [0, 0.1) is 5.82 Å². The highest BCUT2D eigenvalue weighted by Crippen LogP contribution is 2.38. The number of halogens is 1. The van der Waals surface area contributed by atoms with E-state index in [-0.39, 0.29) is 24.4 Å². The van der Waals surface area contributed by atoms with Gasteiger partial charge in [-0.25, -0.2) is 9.18 Å². The molecule has 4 rings (SSSR count). The third kappa shape index (κ3) is 6.11. The van der Waals surface area contributed by atoms with E-state index in [0.717, 1.165) is 17.5 Å². The number of thiocarbonyl (C=S) groups is 1. The Bertz CT molecular complexity index is 1270. The van der Waals surface area contributed by atoms with Gasteiger partial charge in [0.15, 0.2) is 16.6 Å². The van der Waals surface area contributed by atoms with Crippen LogP contribution in [0.15, 0.2) is 60.7 Å². The van der Waals surface area contributed by atoms with E-state index in [1.54, 1.807) is 57.5 Å². The summed E-state index contributed by atoms with van der Waals surface area (Å²) in [7, 11) is 3.20. The number of nitrogens with zero attached hydrogens (tertiary/aromatic N) is 1. The number of hydrogen-bond donors (Lipinski definition) is 1. The minimum absolute atomic E-state index is 0.262. The van der Waals surface area contributed by atoms with Crippen molar-refractivity contribution in [3.63, 3.8) is 0 Å². The van der Waals surface area contributed by atoms with Crippen LogP contribution < -0.4 is 19.5 Å². The Morgan fingerprint density at radius 2 is 1.81 bits per heavy atom. The molecule has 0 radical (unpaired) electrons. The topological polar surface area (TPSA) is 69.3 Å². The number of carbonyl (C=O) groups excluding carboxylic acids is 1. The van der Waals surface area contributed by atoms with Crippen molar-refractivity contribution in [3.05, 3.63) is 83.2 Å². The highest BCUT2D eigenvalue weighted by molar-refractivity contribution is 7.80. The van der Waals surface area contributed by atoms with E-state index in [0.29, 0.717) is 46.8 Å². The third-order valence-corrected chi connectivity index (χ3v) is 6.45. The molecule has 0 saturated carbocycles. The molecule has 0 aromatic heterocycles. The van der Waals surface area contributed by atoms with Crippen molar-refractivity contribution in [2.45, 2.75) is 19.4 Å². The van der Waals surface area contributed by atoms with Gasteiger partial charge in [-0.1, -0.05) is 6.07 Å². The Kier molecular flexibility index (Phi) is 8.45. The minimum Gasteiger partial charge on any atom is -0.493 e. The average Bonchev–Trinajstić information content (AvgIpc) is 2.91. The Morgan fingerprint density at radius 3 is 2.49 bits per heavy atom. The van der Waals surface area contributed by atoms with E-state index in [1.165, 1.54) is 12.1 Å². The first kappa shape index (κ1) is 26.2. The number of nitrogens with one attached hydrogen (secondary N) is 1. The van der Waals surface area contributed by atoms with Crippen molar-refractivity contribution in [1.29, 1.82) is 0 Å². The van der Waals surface area contributed by atoms with Crippen LogP contribution in [0.1, 0.15) is 34.5 Å². The van der Waals surface area contributed by atoms with E-state index < -0.39 is 0 Å². The molecule has 1 aliphatic heterocycles. The quantitative estimate of drug-likeness (QED) is 0.311. The molecule has 1 atom stereocenters. The lowest BCUT2D eigenvalue weighted by atomic mass is 9.92. The SMILES string of the molecule is CCOC(=O)c1ccc(OC[C@@H]2c3cc(OC)c(OC)cc3CCN2C(=S)Nc2cccc(F)c2)cc1. The maximum atomic E-state index is 13.7. The summed E-state index contributed by atoms with van der Waals surface area (Å²) in [6, 6.07) is 16.6. The second kappa shape index (κ2) is 11.9. The van der Waals surface area contributed by atoms with Crippen LogP contribution in [-0.2, 0) is 11.2 Å². The second-order valence-corrected chi connectivity index (χ2v) is 8.75. The number of esters is 1. The first-order valence-electron chi connectivity index (χ1n) is 11.9. The molecule has 1 heterocycles. The van der Waals surface area contributed by atoms with Gasteiger partial charge in [0.25, 0.3) is 0 Å². The fraction of sp³-hybridized carbons (Fsp3) is 0.286. The molecule has 0 bridgehead atoms. The monoisotopic (exact) mass is 524 g/mol. The first-order valence-corrected chi connectivity index (χ1v) is 12.3. The van der Waals surface area contributed by atoms with Gasteiger partial charge in [0.1, 0.15) is 18.2 Å². The van der Waals surface area contributed by atoms with Gasteiger partial charge in [0.2, 0.25) is 0 Å². The largest absolute Gasteiger partial charge is 0.493 e. The van der Waals surface area contributed by atoms with Crippen LogP contribution in [0.5, 0.6) is 17.2 Å². The molecule has 1 N–H and O–H groups in total. The van der Waals surface area contributed by atoms with E-state index >= 15 is 0 Å². The summed E-state index contributed by atoms with van der Waals surface area (Å²) in [5.41, 5.74) is 3.12. The smallest absolute Gasteiger partial charge is 0.338 e. The van der Waals surface area contributed by atoms with Crippen molar-refractivity contribution < 1.29 is 28.1 Å². The lowest BCUT2D eigenvalue weighted by molar-refractivity contribution is 0.0526. The molecule has 0 amide bonds. The summed E-state index contributed by atoms with van der Waals surface area (Å²) in [5.74, 6) is 1.14. The lowest BCUT2D eigenvalue weighted by Gasteiger charge is -2.39. The van der Waals surface area contributed by atoms with Crippen molar-refractivity contribution >= 4 is 29.0 Å². The summed E-state index contributed by atoms with van der Waals surface area (Å²) in [6.07, 6.45) is 0.728. The fourth-order valence-corrected chi connectivity index (χ4v) is 4.63. The zero-order valence-electron chi connectivity index (χ0n) is 21.0. The van der Waals surface area contributed by atoms with Crippen molar-refractivity contribution in [2.75, 3.05) is 39.3 Å². The maximum Gasteiger partial charge on any atom is 0.338 e. The van der Waals surface area contributed by atoms with Gasteiger partial charge in [-0.15, -0.1) is 0 Å². The van der Waals surface area contributed by atoms with Gasteiger partial charge >= 0.3 is 5.97 Å². The van der Waals surface area contributed by atoms with E-state index in [2.05, 4.69) is 5.32 Å². The van der Waals surface area contributed by atoms with Crippen LogP contribution in [0.2, 0.25) is 0 Å². The van der Waals surface area contributed by atoms with Gasteiger partial charge in [-0.2, -0.15) is 0 Å². The predicted molar refractivity (Wildman–Crippen MR) is 143 cm³/mol. The van der Waals surface area contributed by atoms with Crippen LogP contribution in [0.3, 0.4) is 0 Å². The standard InChI is InChI=1S/C28H29FN2O5S/c1-4-35-27(32)18-8-10-22(11-9-18)36-17-24-23-16-26(34-3)25(33-2)14-19(23)12-13-31(24)28(37)30-21-7-5-6-20(29)15-21/h5-11,14-16,24H,4,12-13,17H2,1-3H3,(H,30,37)/t24-/m1/s1. The van der Waals surface area contributed by atoms with E-state index in [4.69, 9.17) is 31.2 Å². The Hall–Kier alpha value is -3.85. The summed E-state index contributed by atoms with van der Waals surface area (Å²) in [4.78, 5) is 14.0. The average molecular weight is 525 g/mol. The molecule has 3 aromatic carbocycles. The molecule has 3 aromatic rings. The highest BCUT2D eigenvalue weighted by atomic mass is 32.1. The molecule has 0 unspecified atom stereocenters. The lowest BCUT2D eigenvalue weighted by Crippen LogP contribution is -2.44. The number of hydrogen-bond acceptors (Lipinski definition) is 6. The Balaban J connectivity index is 1.60. The first-order chi connectivity index (χ1) is 17.9. The van der Waals surface area contributed by atoms with Crippen LogP contribution in [0.25, 0.3) is 0 Å². The zero-order chi connectivity index (χ0) is 26.4. The predicted octanol–water partition coefficient (Wildman–Crippen LogP) is 5.39. The maximum absolute atomic E-state index is 13.7. The number of fused-ring (bicyclic) bond motifs is 1. The fourth-order valence-electron chi connectivity index (χ4n) is 4.29. The molecule has 0 saturated heterocycles. The van der Waals surface area contributed by atoms with Crippen molar-refractivity contribution in [1.82, 2.24) is 4.90 Å². The molecular weight excluding hydrogens is 495 g/mol. The highest BCUT2D eigenvalue weighted by Gasteiger charge is 2.31. The number of carbonyl (C=O) groups is 1. The van der Waals surface area contributed by atoms with Crippen molar-refractivity contribution in [2.24, 2.45) is 0 Å². The number of ether oxygens (including phenoxy) is 4. The van der Waals surface area contributed by atoms with E-state index in [1.807, 2.05) is 17.0 Å². The van der Waals surface area contributed by atoms with Gasteiger partial charge in [-0.3, -0.25) is 0 Å². The number of benzene rings is 3. The van der Waals surface area contributed by atoms with Crippen LogP contribution in [0.4, 0.5) is 10.1 Å². The van der Waals surface area contributed by atoms with Crippen molar-refractivity contribution in [3.8, 4) is 17.2 Å². The van der Waals surface area contributed by atoms with Crippen LogP contribution in [-0.4, -0.2) is 50.0 Å². The van der Waals surface area contributed by atoms with Gasteiger partial charge < -0.3 is 29.2 Å². The minimum atomic E-state index is -0.378. The summed E-state index contributed by atoms with van der Waals surface area (Å²) in [5, 5.41) is 3.60. The summed E-state index contributed by atoms with van der Waals surface area (Å²) < 4.78 is 36.0. The van der Waals surface area contributed by atoms with Gasteiger partial charge in [-0.05, 0) is 91.3 Å². The number of methoxy groups -OCH3 is 2. The molecule has 0 aliphatic carbocycles. The molecule has 0 spiro atoms. The zero-order valence-corrected chi connectivity index (χ0v) is 21.8. The molecule has 194 valence electrons. The summed E-state index contributed by atoms with van der Waals surface area (Å²) >= 11 is 5.75. The second-order valence-electron chi connectivity index (χ2n) is 8.36. The Labute approximate surface area is 221 Å². The van der Waals surface area contributed by atoms with E-state index in [9.17, 15) is 9.18 Å². The molecule has 1 aliphatic rings. The molecule has 37 heavy (non-hydrogen) atoms. The summed E-state index contributed by atoms with van der Waals surface area (Å²) in [6.45, 7) is 2.97. The molecule has 7 nitrogen and oxygen atoms in total. The number of anilines is 1.